The molecule has 1 amide bonds. The van der Waals surface area contributed by atoms with Crippen LogP contribution in [0.1, 0.15) is 29.0 Å². The summed E-state index contributed by atoms with van der Waals surface area (Å²) >= 11 is 0. The summed E-state index contributed by atoms with van der Waals surface area (Å²) in [5.74, 6) is 0.849. The van der Waals surface area contributed by atoms with Crippen LogP contribution >= 0.6 is 0 Å². The molecule has 5 nitrogen and oxygen atoms in total. The molecule has 3 aromatic rings. The monoisotopic (exact) mass is 375 g/mol. The quantitative estimate of drug-likeness (QED) is 0.733. The Bertz CT molecular complexity index is 1020. The maximum Gasteiger partial charge on any atom is 0.287 e. The Hall–Kier alpha value is -2.63. The average Bonchev–Trinajstić information content (AvgIpc) is 3.19. The summed E-state index contributed by atoms with van der Waals surface area (Å²) in [4.78, 5) is 15.3. The summed E-state index contributed by atoms with van der Waals surface area (Å²) < 4.78 is 6.07. The first-order valence-corrected chi connectivity index (χ1v) is 10.1. The number of fused-ring (bicyclic) bond motifs is 4. The Morgan fingerprint density at radius 3 is 2.64 bits per heavy atom. The average molecular weight is 375 g/mol. The minimum Gasteiger partial charge on any atom is -0.450 e. The van der Waals surface area contributed by atoms with Crippen LogP contribution in [0.25, 0.3) is 22.1 Å². The number of benzene rings is 2. The van der Waals surface area contributed by atoms with Crippen LogP contribution < -0.4 is 11.1 Å². The molecular weight excluding hydrogens is 350 g/mol. The highest BCUT2D eigenvalue weighted by atomic mass is 16.3. The Labute approximate surface area is 164 Å². The van der Waals surface area contributed by atoms with E-state index < -0.39 is 0 Å². The highest BCUT2D eigenvalue weighted by Crippen LogP contribution is 2.33. The molecule has 144 valence electrons. The summed E-state index contributed by atoms with van der Waals surface area (Å²) in [6, 6.07) is 16.1. The molecule has 3 saturated heterocycles. The van der Waals surface area contributed by atoms with E-state index in [1.54, 1.807) is 0 Å². The van der Waals surface area contributed by atoms with Gasteiger partial charge in [-0.25, -0.2) is 0 Å². The second kappa shape index (κ2) is 7.08. The molecule has 0 radical (unpaired) electrons. The maximum atomic E-state index is 12.9. The fourth-order valence-corrected chi connectivity index (χ4v) is 4.72. The van der Waals surface area contributed by atoms with E-state index in [1.807, 2.05) is 48.5 Å². The van der Waals surface area contributed by atoms with Gasteiger partial charge in [-0.2, -0.15) is 0 Å². The van der Waals surface area contributed by atoms with Gasteiger partial charge in [-0.3, -0.25) is 4.79 Å². The third-order valence-corrected chi connectivity index (χ3v) is 6.27. The molecule has 6 rings (SSSR count). The maximum absolute atomic E-state index is 12.9. The van der Waals surface area contributed by atoms with Gasteiger partial charge in [-0.15, -0.1) is 0 Å². The van der Waals surface area contributed by atoms with Crippen LogP contribution in [0.2, 0.25) is 0 Å². The lowest BCUT2D eigenvalue weighted by Gasteiger charge is -2.44. The Kier molecular flexibility index (Phi) is 4.41. The van der Waals surface area contributed by atoms with Crippen molar-refractivity contribution in [1.29, 1.82) is 0 Å². The van der Waals surface area contributed by atoms with Crippen LogP contribution in [0, 0.1) is 5.92 Å². The Morgan fingerprint density at radius 1 is 1.11 bits per heavy atom. The van der Waals surface area contributed by atoms with Crippen LogP contribution in [0.15, 0.2) is 52.9 Å². The van der Waals surface area contributed by atoms with Crippen LogP contribution in [0.4, 0.5) is 0 Å². The molecule has 0 spiro atoms. The Morgan fingerprint density at radius 2 is 1.89 bits per heavy atom. The molecule has 3 aliphatic heterocycles. The standard InChI is InChI=1S/C23H25N3O2/c24-13-17-4-1-2-6-18(17)19-7-3-5-16-12-21(28-22(16)19)23(27)25-20-14-26-10-8-15(20)9-11-26/h1-7,12,15,20H,8-11,13-14,24H2,(H,25,27). The number of amides is 1. The van der Waals surface area contributed by atoms with Crippen molar-refractivity contribution >= 4 is 16.9 Å². The van der Waals surface area contributed by atoms with E-state index in [2.05, 4.69) is 10.2 Å². The molecule has 1 unspecified atom stereocenters. The summed E-state index contributed by atoms with van der Waals surface area (Å²) in [7, 11) is 0. The molecule has 2 bridgehead atoms. The molecule has 3 N–H and O–H groups in total. The zero-order chi connectivity index (χ0) is 19.1. The second-order valence-electron chi connectivity index (χ2n) is 7.91. The first-order valence-electron chi connectivity index (χ1n) is 10.1. The van der Waals surface area contributed by atoms with Gasteiger partial charge in [0.1, 0.15) is 5.58 Å². The number of rotatable bonds is 4. The van der Waals surface area contributed by atoms with Gasteiger partial charge in [0.25, 0.3) is 5.91 Å². The number of hydrogen-bond donors (Lipinski definition) is 2. The van der Waals surface area contributed by atoms with Gasteiger partial charge >= 0.3 is 0 Å². The number of piperidine rings is 3. The van der Waals surface area contributed by atoms with E-state index in [1.165, 1.54) is 12.8 Å². The van der Waals surface area contributed by atoms with Crippen molar-refractivity contribution in [3.63, 3.8) is 0 Å². The lowest BCUT2D eigenvalue weighted by molar-refractivity contribution is 0.0607. The van der Waals surface area contributed by atoms with Crippen molar-refractivity contribution in [2.45, 2.75) is 25.4 Å². The minimum absolute atomic E-state index is 0.118. The summed E-state index contributed by atoms with van der Waals surface area (Å²) in [6.07, 6.45) is 2.34. The highest BCUT2D eigenvalue weighted by Gasteiger charge is 2.35. The first-order chi connectivity index (χ1) is 13.7. The molecule has 28 heavy (non-hydrogen) atoms. The molecule has 3 aliphatic rings. The van der Waals surface area contributed by atoms with Crippen molar-refractivity contribution in [2.24, 2.45) is 11.7 Å². The smallest absolute Gasteiger partial charge is 0.287 e. The lowest BCUT2D eigenvalue weighted by Crippen LogP contribution is -2.57. The number of nitrogens with zero attached hydrogens (tertiary/aromatic N) is 1. The molecule has 0 saturated carbocycles. The van der Waals surface area contributed by atoms with E-state index in [4.69, 9.17) is 10.2 Å². The van der Waals surface area contributed by atoms with Gasteiger partial charge < -0.3 is 20.4 Å². The van der Waals surface area contributed by atoms with Crippen LogP contribution in [0.3, 0.4) is 0 Å². The molecule has 0 aliphatic carbocycles. The van der Waals surface area contributed by atoms with Crippen molar-refractivity contribution in [3.8, 4) is 11.1 Å². The van der Waals surface area contributed by atoms with Crippen molar-refractivity contribution in [3.05, 3.63) is 59.9 Å². The number of para-hydroxylation sites is 1. The Balaban J connectivity index is 1.46. The van der Waals surface area contributed by atoms with Crippen LogP contribution in [-0.2, 0) is 6.54 Å². The SMILES string of the molecule is NCc1ccccc1-c1cccc2cc(C(=O)NC3CN4CCC3CC4)oc12. The number of carbonyl (C=O) groups excluding carboxylic acids is 1. The largest absolute Gasteiger partial charge is 0.450 e. The zero-order valence-electron chi connectivity index (χ0n) is 15.9. The zero-order valence-corrected chi connectivity index (χ0v) is 15.9. The topological polar surface area (TPSA) is 71.5 Å². The minimum atomic E-state index is -0.118. The molecule has 2 aromatic carbocycles. The van der Waals surface area contributed by atoms with E-state index in [9.17, 15) is 4.79 Å². The number of nitrogens with one attached hydrogen (secondary N) is 1. The van der Waals surface area contributed by atoms with E-state index in [-0.39, 0.29) is 11.9 Å². The molecule has 3 fully saturated rings. The molecule has 5 heteroatoms. The fraction of sp³-hybridized carbons (Fsp3) is 0.348. The van der Waals surface area contributed by atoms with E-state index in [0.29, 0.717) is 18.2 Å². The number of furan rings is 1. The van der Waals surface area contributed by atoms with E-state index >= 15 is 0 Å². The first kappa shape index (κ1) is 17.5. The van der Waals surface area contributed by atoms with Gasteiger partial charge in [0, 0.05) is 30.1 Å². The van der Waals surface area contributed by atoms with Gasteiger partial charge in [0.15, 0.2) is 5.76 Å². The normalized spacial score (nSPS) is 23.8. The van der Waals surface area contributed by atoms with Crippen molar-refractivity contribution in [1.82, 2.24) is 10.2 Å². The van der Waals surface area contributed by atoms with Crippen molar-refractivity contribution in [2.75, 3.05) is 19.6 Å². The summed E-state index contributed by atoms with van der Waals surface area (Å²) in [5.41, 5.74) is 9.74. The molecular formula is C23H25N3O2. The number of carbonyl (C=O) groups is 1. The van der Waals surface area contributed by atoms with Gasteiger partial charge in [0.2, 0.25) is 0 Å². The predicted molar refractivity (Wildman–Crippen MR) is 110 cm³/mol. The summed E-state index contributed by atoms with van der Waals surface area (Å²) in [5, 5.41) is 4.15. The van der Waals surface area contributed by atoms with E-state index in [0.717, 1.165) is 47.3 Å². The third-order valence-electron chi connectivity index (χ3n) is 6.27. The number of hydrogen-bond acceptors (Lipinski definition) is 4. The highest BCUT2D eigenvalue weighted by molar-refractivity contribution is 6.00. The predicted octanol–water partition coefficient (Wildman–Crippen LogP) is 3.38. The third kappa shape index (κ3) is 3.01. The van der Waals surface area contributed by atoms with Crippen molar-refractivity contribution < 1.29 is 9.21 Å². The van der Waals surface area contributed by atoms with Gasteiger partial charge in [-0.1, -0.05) is 42.5 Å². The second-order valence-corrected chi connectivity index (χ2v) is 7.91. The molecule has 4 heterocycles. The lowest BCUT2D eigenvalue weighted by atomic mass is 9.84. The molecule has 1 atom stereocenters. The van der Waals surface area contributed by atoms with Gasteiger partial charge in [-0.05, 0) is 49.0 Å². The summed E-state index contributed by atoms with van der Waals surface area (Å²) in [6.45, 7) is 3.73. The van der Waals surface area contributed by atoms with Crippen LogP contribution in [0.5, 0.6) is 0 Å². The molecule has 1 aromatic heterocycles. The fourth-order valence-electron chi connectivity index (χ4n) is 4.72. The number of nitrogens with two attached hydrogens (primary N) is 1. The van der Waals surface area contributed by atoms with Gasteiger partial charge in [0.05, 0.1) is 0 Å². The van der Waals surface area contributed by atoms with Crippen LogP contribution in [-0.4, -0.2) is 36.5 Å².